The Morgan fingerprint density at radius 2 is 1.81 bits per heavy atom. The first-order chi connectivity index (χ1) is 9.94. The van der Waals surface area contributed by atoms with Gasteiger partial charge in [-0.05, 0) is 50.6 Å². The van der Waals surface area contributed by atoms with Crippen LogP contribution in [0.4, 0.5) is 0 Å². The van der Waals surface area contributed by atoms with E-state index in [4.69, 9.17) is 4.74 Å². The Hall–Kier alpha value is -1.55. The SMILES string of the molecule is COc1c(C)cc(C(=O)N2CCC3(CN(C)C3)C2)cc1C. The molecule has 2 aliphatic rings. The average Bonchev–Trinajstić information content (AvgIpc) is 2.82. The largest absolute Gasteiger partial charge is 0.496 e. The maximum absolute atomic E-state index is 12.7. The van der Waals surface area contributed by atoms with E-state index in [0.29, 0.717) is 5.41 Å². The van der Waals surface area contributed by atoms with E-state index in [1.165, 1.54) is 0 Å². The highest BCUT2D eigenvalue weighted by molar-refractivity contribution is 5.95. The molecular weight excluding hydrogens is 264 g/mol. The second-order valence-corrected chi connectivity index (χ2v) is 6.79. The molecule has 1 aromatic rings. The van der Waals surface area contributed by atoms with Crippen LogP contribution < -0.4 is 4.74 Å². The molecular formula is C17H24N2O2. The molecule has 0 saturated carbocycles. The smallest absolute Gasteiger partial charge is 0.253 e. The van der Waals surface area contributed by atoms with Crippen LogP contribution in [0.2, 0.25) is 0 Å². The molecule has 0 aromatic heterocycles. The molecule has 3 rings (SSSR count). The van der Waals surface area contributed by atoms with E-state index in [9.17, 15) is 4.79 Å². The first-order valence-electron chi connectivity index (χ1n) is 7.57. The summed E-state index contributed by atoms with van der Waals surface area (Å²) in [5.74, 6) is 1.04. The summed E-state index contributed by atoms with van der Waals surface area (Å²) in [5, 5.41) is 0. The van der Waals surface area contributed by atoms with Gasteiger partial charge in [0.1, 0.15) is 5.75 Å². The molecule has 0 N–H and O–H groups in total. The van der Waals surface area contributed by atoms with E-state index in [0.717, 1.165) is 55.0 Å². The van der Waals surface area contributed by atoms with Crippen molar-refractivity contribution in [2.75, 3.05) is 40.3 Å². The molecule has 4 nitrogen and oxygen atoms in total. The number of hydrogen-bond donors (Lipinski definition) is 0. The van der Waals surface area contributed by atoms with Crippen molar-refractivity contribution >= 4 is 5.91 Å². The van der Waals surface area contributed by atoms with Gasteiger partial charge in [-0.3, -0.25) is 4.79 Å². The summed E-state index contributed by atoms with van der Waals surface area (Å²) >= 11 is 0. The molecule has 2 saturated heterocycles. The second kappa shape index (κ2) is 5.02. The summed E-state index contributed by atoms with van der Waals surface area (Å²) in [6.45, 7) is 8.02. The summed E-state index contributed by atoms with van der Waals surface area (Å²) in [4.78, 5) is 17.1. The summed E-state index contributed by atoms with van der Waals surface area (Å²) < 4.78 is 5.38. The first-order valence-corrected chi connectivity index (χ1v) is 7.57. The van der Waals surface area contributed by atoms with Crippen LogP contribution in [0, 0.1) is 19.3 Å². The molecule has 4 heteroatoms. The minimum atomic E-state index is 0.162. The summed E-state index contributed by atoms with van der Waals surface area (Å²) in [6.07, 6.45) is 1.14. The van der Waals surface area contributed by atoms with Crippen LogP contribution in [-0.4, -0.2) is 56.0 Å². The normalized spacial score (nSPS) is 20.7. The zero-order chi connectivity index (χ0) is 15.2. The van der Waals surface area contributed by atoms with E-state index in [-0.39, 0.29) is 5.91 Å². The third kappa shape index (κ3) is 2.42. The Labute approximate surface area is 126 Å². The van der Waals surface area contributed by atoms with E-state index in [1.807, 2.05) is 30.9 Å². The van der Waals surface area contributed by atoms with Crippen molar-refractivity contribution in [3.05, 3.63) is 28.8 Å². The number of rotatable bonds is 2. The molecule has 0 radical (unpaired) electrons. The third-order valence-electron chi connectivity index (χ3n) is 4.85. The maximum atomic E-state index is 12.7. The third-order valence-corrected chi connectivity index (χ3v) is 4.85. The van der Waals surface area contributed by atoms with Crippen LogP contribution in [0.3, 0.4) is 0 Å². The van der Waals surface area contributed by atoms with Gasteiger partial charge in [0.25, 0.3) is 5.91 Å². The zero-order valence-corrected chi connectivity index (χ0v) is 13.4. The molecule has 1 aromatic carbocycles. The number of methoxy groups -OCH3 is 1. The lowest BCUT2D eigenvalue weighted by atomic mass is 9.79. The number of aryl methyl sites for hydroxylation is 2. The van der Waals surface area contributed by atoms with Crippen molar-refractivity contribution in [3.63, 3.8) is 0 Å². The van der Waals surface area contributed by atoms with Crippen molar-refractivity contribution in [1.82, 2.24) is 9.80 Å². The highest BCUT2D eigenvalue weighted by Crippen LogP contribution is 2.39. The van der Waals surface area contributed by atoms with Crippen LogP contribution in [0.25, 0.3) is 0 Å². The zero-order valence-electron chi connectivity index (χ0n) is 13.4. The Kier molecular flexibility index (Phi) is 3.44. The van der Waals surface area contributed by atoms with Gasteiger partial charge in [-0.1, -0.05) is 0 Å². The van der Waals surface area contributed by atoms with Gasteiger partial charge in [0.05, 0.1) is 7.11 Å². The quantitative estimate of drug-likeness (QED) is 0.835. The highest BCUT2D eigenvalue weighted by Gasteiger charge is 2.47. The number of amides is 1. The Morgan fingerprint density at radius 3 is 2.33 bits per heavy atom. The second-order valence-electron chi connectivity index (χ2n) is 6.79. The standard InChI is InChI=1S/C17H24N2O2/c1-12-7-14(8-13(2)15(12)21-4)16(20)19-6-5-17(11-19)9-18(3)10-17/h7-8H,5-6,9-11H2,1-4H3. The van der Waals surface area contributed by atoms with Gasteiger partial charge >= 0.3 is 0 Å². The molecule has 2 aliphatic heterocycles. The fourth-order valence-corrected chi connectivity index (χ4v) is 4.04. The number of carbonyl (C=O) groups is 1. The van der Waals surface area contributed by atoms with Crippen molar-refractivity contribution < 1.29 is 9.53 Å². The van der Waals surface area contributed by atoms with Crippen molar-refractivity contribution in [2.24, 2.45) is 5.41 Å². The molecule has 1 spiro atoms. The number of nitrogens with zero attached hydrogens (tertiary/aromatic N) is 2. The minimum Gasteiger partial charge on any atom is -0.496 e. The van der Waals surface area contributed by atoms with Crippen LogP contribution >= 0.6 is 0 Å². The molecule has 0 atom stereocenters. The first kappa shape index (κ1) is 14.4. The number of carbonyl (C=O) groups excluding carboxylic acids is 1. The van der Waals surface area contributed by atoms with Gasteiger partial charge in [0, 0.05) is 37.2 Å². The van der Waals surface area contributed by atoms with Crippen LogP contribution in [0.1, 0.15) is 27.9 Å². The summed E-state index contributed by atoms with van der Waals surface area (Å²) in [7, 11) is 3.82. The Balaban J connectivity index is 1.77. The lowest BCUT2D eigenvalue weighted by Crippen LogP contribution is -2.55. The number of likely N-dealkylation sites (tertiary alicyclic amines) is 2. The number of hydrogen-bond acceptors (Lipinski definition) is 3. The van der Waals surface area contributed by atoms with Crippen molar-refractivity contribution in [2.45, 2.75) is 20.3 Å². The molecule has 0 bridgehead atoms. The van der Waals surface area contributed by atoms with Crippen molar-refractivity contribution in [1.29, 1.82) is 0 Å². The topological polar surface area (TPSA) is 32.8 Å². The number of benzene rings is 1. The number of ether oxygens (including phenoxy) is 1. The summed E-state index contributed by atoms with van der Waals surface area (Å²) in [6, 6.07) is 3.90. The van der Waals surface area contributed by atoms with Gasteiger partial charge < -0.3 is 14.5 Å². The van der Waals surface area contributed by atoms with Crippen LogP contribution in [0.5, 0.6) is 5.75 Å². The molecule has 114 valence electrons. The van der Waals surface area contributed by atoms with Gasteiger partial charge in [0.2, 0.25) is 0 Å². The molecule has 2 fully saturated rings. The Morgan fingerprint density at radius 1 is 1.19 bits per heavy atom. The predicted molar refractivity (Wildman–Crippen MR) is 82.9 cm³/mol. The lowest BCUT2D eigenvalue weighted by Gasteiger charge is -2.46. The maximum Gasteiger partial charge on any atom is 0.253 e. The van der Waals surface area contributed by atoms with Gasteiger partial charge in [0.15, 0.2) is 0 Å². The van der Waals surface area contributed by atoms with Gasteiger partial charge in [-0.25, -0.2) is 0 Å². The van der Waals surface area contributed by atoms with Gasteiger partial charge in [-0.15, -0.1) is 0 Å². The summed E-state index contributed by atoms with van der Waals surface area (Å²) in [5.41, 5.74) is 3.20. The average molecular weight is 288 g/mol. The van der Waals surface area contributed by atoms with E-state index in [1.54, 1.807) is 7.11 Å². The minimum absolute atomic E-state index is 0.162. The van der Waals surface area contributed by atoms with Crippen LogP contribution in [0.15, 0.2) is 12.1 Å². The molecule has 0 aliphatic carbocycles. The molecule has 0 unspecified atom stereocenters. The predicted octanol–water partition coefficient (Wildman–Crippen LogP) is 2.09. The molecule has 1 amide bonds. The fourth-order valence-electron chi connectivity index (χ4n) is 4.04. The lowest BCUT2D eigenvalue weighted by molar-refractivity contribution is 0.0294. The highest BCUT2D eigenvalue weighted by atomic mass is 16.5. The molecule has 21 heavy (non-hydrogen) atoms. The van der Waals surface area contributed by atoms with Crippen LogP contribution in [-0.2, 0) is 0 Å². The molecule has 2 heterocycles. The van der Waals surface area contributed by atoms with Gasteiger partial charge in [-0.2, -0.15) is 0 Å². The van der Waals surface area contributed by atoms with Crippen molar-refractivity contribution in [3.8, 4) is 5.75 Å². The fraction of sp³-hybridized carbons (Fsp3) is 0.588. The van der Waals surface area contributed by atoms with E-state index < -0.39 is 0 Å². The Bertz CT molecular complexity index is 553. The monoisotopic (exact) mass is 288 g/mol. The van der Waals surface area contributed by atoms with E-state index >= 15 is 0 Å². The van der Waals surface area contributed by atoms with E-state index in [2.05, 4.69) is 11.9 Å².